The Bertz CT molecular complexity index is 519. The molecule has 0 amide bonds. The van der Waals surface area contributed by atoms with Gasteiger partial charge in [-0.2, -0.15) is 0 Å². The summed E-state index contributed by atoms with van der Waals surface area (Å²) in [6, 6.07) is 10.9. The van der Waals surface area contributed by atoms with Crippen molar-refractivity contribution in [3.8, 4) is 0 Å². The molecule has 0 aliphatic rings. The Morgan fingerprint density at radius 1 is 0.941 bits per heavy atom. The standard InChI is InChI=1S/C15H16.C2H6/c1-4-7-13-10-11(2)12(3)14-8-5-6-9-15(13)14;1-2/h4-10H,1-3H3;1-2H3/b7-4+;. The number of aryl methyl sites for hydroxylation is 2. The molecule has 0 aliphatic carbocycles. The highest BCUT2D eigenvalue weighted by atomic mass is 14.1. The molecule has 90 valence electrons. The van der Waals surface area contributed by atoms with Crippen LogP contribution < -0.4 is 0 Å². The second-order valence-electron chi connectivity index (χ2n) is 3.95. The molecule has 0 fully saturated rings. The van der Waals surface area contributed by atoms with Crippen LogP contribution in [-0.2, 0) is 0 Å². The molecule has 0 atom stereocenters. The maximum atomic E-state index is 2.26. The Balaban J connectivity index is 0.000000686. The minimum Gasteiger partial charge on any atom is -0.0870 e. The van der Waals surface area contributed by atoms with Gasteiger partial charge in [-0.15, -0.1) is 0 Å². The van der Waals surface area contributed by atoms with Gasteiger partial charge in [-0.3, -0.25) is 0 Å². The first-order valence-corrected chi connectivity index (χ1v) is 6.35. The normalized spacial score (nSPS) is 10.4. The summed E-state index contributed by atoms with van der Waals surface area (Å²) in [5.41, 5.74) is 4.07. The number of hydrogen-bond acceptors (Lipinski definition) is 0. The lowest BCUT2D eigenvalue weighted by Gasteiger charge is -2.09. The van der Waals surface area contributed by atoms with Crippen LogP contribution in [-0.4, -0.2) is 0 Å². The Morgan fingerprint density at radius 3 is 2.12 bits per heavy atom. The fourth-order valence-electron chi connectivity index (χ4n) is 2.01. The van der Waals surface area contributed by atoms with E-state index in [9.17, 15) is 0 Å². The van der Waals surface area contributed by atoms with Crippen molar-refractivity contribution >= 4 is 16.8 Å². The maximum absolute atomic E-state index is 2.26. The Hall–Kier alpha value is -1.56. The third kappa shape index (κ3) is 2.76. The minimum absolute atomic E-state index is 1.32. The predicted molar refractivity (Wildman–Crippen MR) is 79.5 cm³/mol. The van der Waals surface area contributed by atoms with Crippen LogP contribution in [0.2, 0.25) is 0 Å². The molecule has 0 unspecified atom stereocenters. The molecule has 17 heavy (non-hydrogen) atoms. The van der Waals surface area contributed by atoms with Crippen molar-refractivity contribution in [2.45, 2.75) is 34.6 Å². The zero-order valence-electron chi connectivity index (χ0n) is 11.5. The van der Waals surface area contributed by atoms with Gasteiger partial charge in [0.1, 0.15) is 0 Å². The van der Waals surface area contributed by atoms with Gasteiger partial charge in [-0.05, 0) is 48.2 Å². The van der Waals surface area contributed by atoms with E-state index in [2.05, 4.69) is 63.3 Å². The monoisotopic (exact) mass is 226 g/mol. The Morgan fingerprint density at radius 2 is 1.53 bits per heavy atom. The molecule has 0 heterocycles. The van der Waals surface area contributed by atoms with Gasteiger partial charge in [0.15, 0.2) is 0 Å². The summed E-state index contributed by atoms with van der Waals surface area (Å²) in [4.78, 5) is 0. The zero-order valence-corrected chi connectivity index (χ0v) is 11.5. The van der Waals surface area contributed by atoms with Crippen LogP contribution in [0, 0.1) is 13.8 Å². The van der Waals surface area contributed by atoms with Crippen molar-refractivity contribution < 1.29 is 0 Å². The molecule has 0 spiro atoms. The van der Waals surface area contributed by atoms with Gasteiger partial charge in [-0.1, -0.05) is 56.3 Å². The summed E-state index contributed by atoms with van der Waals surface area (Å²) in [6.45, 7) is 10.4. The highest BCUT2D eigenvalue weighted by Crippen LogP contribution is 2.26. The van der Waals surface area contributed by atoms with Crippen molar-refractivity contribution in [2.24, 2.45) is 0 Å². The van der Waals surface area contributed by atoms with Crippen molar-refractivity contribution in [3.63, 3.8) is 0 Å². The van der Waals surface area contributed by atoms with E-state index >= 15 is 0 Å². The molecule has 0 saturated heterocycles. The summed E-state index contributed by atoms with van der Waals surface area (Å²) < 4.78 is 0. The van der Waals surface area contributed by atoms with Crippen LogP contribution in [0.5, 0.6) is 0 Å². The van der Waals surface area contributed by atoms with E-state index < -0.39 is 0 Å². The van der Waals surface area contributed by atoms with Crippen LogP contribution in [0.3, 0.4) is 0 Å². The first kappa shape index (κ1) is 13.5. The summed E-state index contributed by atoms with van der Waals surface area (Å²) in [5, 5.41) is 2.71. The molecule has 2 aromatic carbocycles. The van der Waals surface area contributed by atoms with E-state index in [0.717, 1.165) is 0 Å². The van der Waals surface area contributed by atoms with E-state index in [1.165, 1.54) is 27.5 Å². The fraction of sp³-hybridized carbons (Fsp3) is 0.294. The smallest absolute Gasteiger partial charge is 0.0109 e. The summed E-state index contributed by atoms with van der Waals surface area (Å²) in [6.07, 6.45) is 4.27. The van der Waals surface area contributed by atoms with Crippen LogP contribution in [0.15, 0.2) is 36.4 Å². The highest BCUT2D eigenvalue weighted by molar-refractivity contribution is 5.93. The van der Waals surface area contributed by atoms with E-state index in [0.29, 0.717) is 0 Å². The van der Waals surface area contributed by atoms with Crippen LogP contribution in [0.1, 0.15) is 37.5 Å². The molecular formula is C17H22. The van der Waals surface area contributed by atoms with Gasteiger partial charge in [0.2, 0.25) is 0 Å². The van der Waals surface area contributed by atoms with E-state index in [4.69, 9.17) is 0 Å². The SMILES string of the molecule is C/C=C/c1cc(C)c(C)c2ccccc12.CC. The lowest BCUT2D eigenvalue weighted by Crippen LogP contribution is -1.87. The minimum atomic E-state index is 1.32. The quantitative estimate of drug-likeness (QED) is 0.601. The van der Waals surface area contributed by atoms with Crippen molar-refractivity contribution in [2.75, 3.05) is 0 Å². The third-order valence-corrected chi connectivity index (χ3v) is 2.95. The van der Waals surface area contributed by atoms with Crippen molar-refractivity contribution in [3.05, 3.63) is 53.1 Å². The largest absolute Gasteiger partial charge is 0.0870 e. The summed E-state index contributed by atoms with van der Waals surface area (Å²) in [7, 11) is 0. The van der Waals surface area contributed by atoms with Crippen molar-refractivity contribution in [1.29, 1.82) is 0 Å². The van der Waals surface area contributed by atoms with Gasteiger partial charge >= 0.3 is 0 Å². The van der Waals surface area contributed by atoms with Gasteiger partial charge in [-0.25, -0.2) is 0 Å². The van der Waals surface area contributed by atoms with Gasteiger partial charge in [0, 0.05) is 0 Å². The number of rotatable bonds is 1. The fourth-order valence-corrected chi connectivity index (χ4v) is 2.01. The first-order valence-electron chi connectivity index (χ1n) is 6.35. The second kappa shape index (κ2) is 6.24. The molecule has 0 aromatic heterocycles. The summed E-state index contributed by atoms with van der Waals surface area (Å²) >= 11 is 0. The molecule has 0 saturated carbocycles. The van der Waals surface area contributed by atoms with Crippen LogP contribution in [0.25, 0.3) is 16.8 Å². The summed E-state index contributed by atoms with van der Waals surface area (Å²) in [5.74, 6) is 0. The number of allylic oxidation sites excluding steroid dienone is 1. The van der Waals surface area contributed by atoms with Gasteiger partial charge in [0.05, 0.1) is 0 Å². The number of fused-ring (bicyclic) bond motifs is 1. The van der Waals surface area contributed by atoms with E-state index in [-0.39, 0.29) is 0 Å². The molecule has 0 N–H and O–H groups in total. The Kier molecular flexibility index (Phi) is 4.96. The lowest BCUT2D eigenvalue weighted by atomic mass is 9.96. The molecule has 2 rings (SSSR count). The number of benzene rings is 2. The third-order valence-electron chi connectivity index (χ3n) is 2.95. The first-order chi connectivity index (χ1) is 8.24. The number of hydrogen-bond donors (Lipinski definition) is 0. The highest BCUT2D eigenvalue weighted by Gasteiger charge is 2.03. The molecule has 0 heteroatoms. The second-order valence-corrected chi connectivity index (χ2v) is 3.95. The maximum Gasteiger partial charge on any atom is -0.0109 e. The predicted octanol–water partition coefficient (Wildman–Crippen LogP) is 5.52. The Labute approximate surface area is 105 Å². The average Bonchev–Trinajstić information content (AvgIpc) is 2.38. The van der Waals surface area contributed by atoms with E-state index in [1.54, 1.807) is 0 Å². The molecule has 0 nitrogen and oxygen atoms in total. The topological polar surface area (TPSA) is 0 Å². The molecule has 0 bridgehead atoms. The zero-order chi connectivity index (χ0) is 12.8. The van der Waals surface area contributed by atoms with Crippen LogP contribution in [0.4, 0.5) is 0 Å². The molecule has 2 aromatic rings. The van der Waals surface area contributed by atoms with Crippen molar-refractivity contribution in [1.82, 2.24) is 0 Å². The molecular weight excluding hydrogens is 204 g/mol. The van der Waals surface area contributed by atoms with Gasteiger partial charge < -0.3 is 0 Å². The molecule has 0 aliphatic heterocycles. The van der Waals surface area contributed by atoms with Crippen LogP contribution >= 0.6 is 0 Å². The average molecular weight is 226 g/mol. The molecule has 0 radical (unpaired) electrons. The lowest BCUT2D eigenvalue weighted by molar-refractivity contribution is 1.37. The van der Waals surface area contributed by atoms with Gasteiger partial charge in [0.25, 0.3) is 0 Å². The van der Waals surface area contributed by atoms with E-state index in [1.807, 2.05) is 13.8 Å².